The molecule has 0 atom stereocenters. The Balaban J connectivity index is 3.34. The van der Waals surface area contributed by atoms with Gasteiger partial charge < -0.3 is 9.64 Å². The minimum absolute atomic E-state index is 0.140. The predicted molar refractivity (Wildman–Crippen MR) is 44.7 cm³/mol. The molecule has 2 nitrogen and oxygen atoms in total. The van der Waals surface area contributed by atoms with Gasteiger partial charge in [0.25, 0.3) is 0 Å². The molecule has 0 aromatic rings. The minimum Gasteiger partial charge on any atom is -0.371 e. The maximum atomic E-state index is 11.6. The number of ether oxygens (including phenoxy) is 1. The Morgan fingerprint density at radius 3 is 2.08 bits per heavy atom. The third-order valence-corrected chi connectivity index (χ3v) is 1.71. The standard InChI is InChI=1S/C8H16F3NO/c1-3-12(4-2)5-6-13-7-8(9,10)11/h3-7H2,1-2H3. The lowest BCUT2D eigenvalue weighted by molar-refractivity contribution is -0.174. The molecule has 0 radical (unpaired) electrons. The monoisotopic (exact) mass is 199 g/mol. The molecule has 80 valence electrons. The van der Waals surface area contributed by atoms with E-state index in [0.29, 0.717) is 6.54 Å². The average molecular weight is 199 g/mol. The number of hydrogen-bond donors (Lipinski definition) is 0. The van der Waals surface area contributed by atoms with E-state index in [1.165, 1.54) is 0 Å². The zero-order valence-corrected chi connectivity index (χ0v) is 8.02. The normalized spacial score (nSPS) is 12.5. The Kier molecular flexibility index (Phi) is 6.07. The number of hydrogen-bond acceptors (Lipinski definition) is 2. The summed E-state index contributed by atoms with van der Waals surface area (Å²) in [6.07, 6.45) is -4.21. The zero-order chi connectivity index (χ0) is 10.3. The molecule has 5 heteroatoms. The van der Waals surface area contributed by atoms with Crippen molar-refractivity contribution in [3.05, 3.63) is 0 Å². The van der Waals surface area contributed by atoms with Crippen LogP contribution in [0.25, 0.3) is 0 Å². The molecule has 0 aromatic carbocycles. The highest BCUT2D eigenvalue weighted by atomic mass is 19.4. The summed E-state index contributed by atoms with van der Waals surface area (Å²) in [6.45, 7) is 5.16. The molecule has 0 amide bonds. The van der Waals surface area contributed by atoms with Crippen LogP contribution in [0.2, 0.25) is 0 Å². The van der Waals surface area contributed by atoms with E-state index in [0.717, 1.165) is 13.1 Å². The largest absolute Gasteiger partial charge is 0.411 e. The Hall–Kier alpha value is -0.290. The van der Waals surface area contributed by atoms with Crippen molar-refractivity contribution >= 4 is 0 Å². The van der Waals surface area contributed by atoms with Crippen LogP contribution in [0.5, 0.6) is 0 Å². The maximum absolute atomic E-state index is 11.6. The molecule has 0 aliphatic rings. The fraction of sp³-hybridized carbons (Fsp3) is 1.00. The second kappa shape index (κ2) is 6.21. The third-order valence-electron chi connectivity index (χ3n) is 1.71. The van der Waals surface area contributed by atoms with Crippen molar-refractivity contribution in [3.8, 4) is 0 Å². The molecule has 0 saturated heterocycles. The topological polar surface area (TPSA) is 12.5 Å². The zero-order valence-electron chi connectivity index (χ0n) is 8.02. The van der Waals surface area contributed by atoms with Crippen LogP contribution in [-0.2, 0) is 4.74 Å². The minimum atomic E-state index is -4.21. The second-order valence-corrected chi connectivity index (χ2v) is 2.69. The molecule has 0 aliphatic carbocycles. The van der Waals surface area contributed by atoms with E-state index < -0.39 is 12.8 Å². The molecular formula is C8H16F3NO. The van der Waals surface area contributed by atoms with Gasteiger partial charge in [0.2, 0.25) is 0 Å². The van der Waals surface area contributed by atoms with Gasteiger partial charge in [0.15, 0.2) is 0 Å². The van der Waals surface area contributed by atoms with Gasteiger partial charge in [-0.3, -0.25) is 0 Å². The Morgan fingerprint density at radius 1 is 1.15 bits per heavy atom. The van der Waals surface area contributed by atoms with Crippen molar-refractivity contribution in [2.45, 2.75) is 20.0 Å². The molecule has 0 heterocycles. The lowest BCUT2D eigenvalue weighted by atomic mass is 10.5. The molecule has 13 heavy (non-hydrogen) atoms. The van der Waals surface area contributed by atoms with Gasteiger partial charge in [-0.1, -0.05) is 13.8 Å². The van der Waals surface area contributed by atoms with Gasteiger partial charge in [-0.2, -0.15) is 13.2 Å². The van der Waals surface area contributed by atoms with E-state index in [2.05, 4.69) is 4.74 Å². The first kappa shape index (κ1) is 12.7. The van der Waals surface area contributed by atoms with Gasteiger partial charge in [0.05, 0.1) is 6.61 Å². The van der Waals surface area contributed by atoms with Crippen LogP contribution in [0, 0.1) is 0 Å². The first-order valence-electron chi connectivity index (χ1n) is 4.36. The van der Waals surface area contributed by atoms with E-state index in [1.54, 1.807) is 0 Å². The fourth-order valence-corrected chi connectivity index (χ4v) is 0.921. The summed E-state index contributed by atoms with van der Waals surface area (Å²) in [7, 11) is 0. The second-order valence-electron chi connectivity index (χ2n) is 2.69. The van der Waals surface area contributed by atoms with E-state index >= 15 is 0 Å². The van der Waals surface area contributed by atoms with Gasteiger partial charge in [0, 0.05) is 6.54 Å². The highest BCUT2D eigenvalue weighted by Crippen LogP contribution is 2.14. The molecule has 0 rings (SSSR count). The van der Waals surface area contributed by atoms with Gasteiger partial charge in [-0.15, -0.1) is 0 Å². The van der Waals surface area contributed by atoms with Crippen LogP contribution in [0.15, 0.2) is 0 Å². The van der Waals surface area contributed by atoms with Crippen molar-refractivity contribution in [3.63, 3.8) is 0 Å². The molecule has 0 spiro atoms. The Morgan fingerprint density at radius 2 is 1.69 bits per heavy atom. The van der Waals surface area contributed by atoms with E-state index in [9.17, 15) is 13.2 Å². The van der Waals surface area contributed by atoms with Gasteiger partial charge in [0.1, 0.15) is 6.61 Å². The lowest BCUT2D eigenvalue weighted by Crippen LogP contribution is -2.28. The summed E-state index contributed by atoms with van der Waals surface area (Å²) in [5.41, 5.74) is 0. The molecular weight excluding hydrogens is 183 g/mol. The molecule has 0 aromatic heterocycles. The Labute approximate surface area is 76.7 Å². The molecule has 0 fully saturated rings. The van der Waals surface area contributed by atoms with E-state index in [-0.39, 0.29) is 6.61 Å². The SMILES string of the molecule is CCN(CC)CCOCC(F)(F)F. The van der Waals surface area contributed by atoms with Gasteiger partial charge in [-0.25, -0.2) is 0 Å². The summed E-state index contributed by atoms with van der Waals surface area (Å²) in [6, 6.07) is 0. The van der Waals surface area contributed by atoms with Crippen molar-refractivity contribution in [1.82, 2.24) is 4.90 Å². The van der Waals surface area contributed by atoms with Crippen molar-refractivity contribution in [2.75, 3.05) is 32.8 Å². The van der Waals surface area contributed by atoms with Crippen LogP contribution in [0.4, 0.5) is 13.2 Å². The highest BCUT2D eigenvalue weighted by Gasteiger charge is 2.27. The number of rotatable bonds is 6. The van der Waals surface area contributed by atoms with E-state index in [1.807, 2.05) is 18.7 Å². The summed E-state index contributed by atoms with van der Waals surface area (Å²) >= 11 is 0. The number of halogens is 3. The third kappa shape index (κ3) is 8.05. The van der Waals surface area contributed by atoms with Crippen LogP contribution in [0.1, 0.15) is 13.8 Å². The summed E-state index contributed by atoms with van der Waals surface area (Å²) < 4.78 is 39.3. The quantitative estimate of drug-likeness (QED) is 0.606. The van der Waals surface area contributed by atoms with Crippen molar-refractivity contribution in [1.29, 1.82) is 0 Å². The molecule has 0 bridgehead atoms. The number of alkyl halides is 3. The molecule has 0 unspecified atom stereocenters. The summed E-state index contributed by atoms with van der Waals surface area (Å²) in [4.78, 5) is 2.01. The van der Waals surface area contributed by atoms with E-state index in [4.69, 9.17) is 0 Å². The molecule has 0 aliphatic heterocycles. The van der Waals surface area contributed by atoms with Crippen LogP contribution in [-0.4, -0.2) is 43.9 Å². The maximum Gasteiger partial charge on any atom is 0.411 e. The number of likely N-dealkylation sites (N-methyl/N-ethyl adjacent to an activating group) is 1. The van der Waals surface area contributed by atoms with Crippen LogP contribution >= 0.6 is 0 Å². The molecule has 0 N–H and O–H groups in total. The van der Waals surface area contributed by atoms with Crippen molar-refractivity contribution < 1.29 is 17.9 Å². The van der Waals surface area contributed by atoms with Gasteiger partial charge >= 0.3 is 6.18 Å². The predicted octanol–water partition coefficient (Wildman–Crippen LogP) is 1.91. The lowest BCUT2D eigenvalue weighted by Gasteiger charge is -2.17. The first-order chi connectivity index (χ1) is 5.99. The first-order valence-corrected chi connectivity index (χ1v) is 4.36. The summed E-state index contributed by atoms with van der Waals surface area (Å²) in [5.74, 6) is 0. The Bertz CT molecular complexity index is 123. The smallest absolute Gasteiger partial charge is 0.371 e. The number of nitrogens with zero attached hydrogens (tertiary/aromatic N) is 1. The summed E-state index contributed by atoms with van der Waals surface area (Å²) in [5, 5.41) is 0. The highest BCUT2D eigenvalue weighted by molar-refractivity contribution is 4.52. The van der Waals surface area contributed by atoms with Crippen molar-refractivity contribution in [2.24, 2.45) is 0 Å². The van der Waals surface area contributed by atoms with Crippen LogP contribution < -0.4 is 0 Å². The molecule has 0 saturated carbocycles. The van der Waals surface area contributed by atoms with Crippen LogP contribution in [0.3, 0.4) is 0 Å². The van der Waals surface area contributed by atoms with Gasteiger partial charge in [-0.05, 0) is 13.1 Å². The average Bonchev–Trinajstić information content (AvgIpc) is 2.03. The fourth-order valence-electron chi connectivity index (χ4n) is 0.921.